The van der Waals surface area contributed by atoms with Gasteiger partial charge in [0.2, 0.25) is 23.6 Å². The van der Waals surface area contributed by atoms with E-state index in [9.17, 15) is 29.1 Å². The van der Waals surface area contributed by atoms with Crippen molar-refractivity contribution in [3.63, 3.8) is 0 Å². The van der Waals surface area contributed by atoms with Crippen molar-refractivity contribution in [1.82, 2.24) is 21.3 Å². The zero-order valence-corrected chi connectivity index (χ0v) is 19.4. The Kier molecular flexibility index (Phi) is 10.8. The number of rotatable bonds is 12. The number of hydrogen-bond donors (Lipinski definition) is 6. The van der Waals surface area contributed by atoms with Gasteiger partial charge in [0.05, 0.1) is 6.42 Å². The molecule has 3 atom stereocenters. The zero-order valence-electron chi connectivity index (χ0n) is 19.4. The van der Waals surface area contributed by atoms with E-state index in [2.05, 4.69) is 27.2 Å². The number of carboxylic acid groups (broad SMARTS) is 1. The summed E-state index contributed by atoms with van der Waals surface area (Å²) < 4.78 is 0. The molecule has 0 unspecified atom stereocenters. The van der Waals surface area contributed by atoms with Crippen LogP contribution in [-0.2, 0) is 24.0 Å². The molecule has 0 aromatic rings. The molecule has 0 bridgehead atoms. The Morgan fingerprint density at radius 2 is 1.61 bits per heavy atom. The van der Waals surface area contributed by atoms with Crippen LogP contribution >= 0.6 is 0 Å². The molecular formula is C22H35N5O6. The minimum absolute atomic E-state index is 0.206. The fourth-order valence-corrected chi connectivity index (χ4v) is 3.72. The van der Waals surface area contributed by atoms with Crippen LogP contribution < -0.4 is 27.0 Å². The minimum Gasteiger partial charge on any atom is -0.481 e. The Bertz CT molecular complexity index is 785. The van der Waals surface area contributed by atoms with Crippen LogP contribution in [0.15, 0.2) is 0 Å². The first-order valence-corrected chi connectivity index (χ1v) is 11.0. The van der Waals surface area contributed by atoms with Crippen molar-refractivity contribution < 1.29 is 29.1 Å². The number of carbonyl (C=O) groups is 5. The second-order valence-corrected chi connectivity index (χ2v) is 8.84. The average molecular weight is 466 g/mol. The summed E-state index contributed by atoms with van der Waals surface area (Å²) in [6, 6.07) is -2.64. The second kappa shape index (κ2) is 12.8. The van der Waals surface area contributed by atoms with Gasteiger partial charge in [0, 0.05) is 12.3 Å². The molecule has 0 aromatic carbocycles. The summed E-state index contributed by atoms with van der Waals surface area (Å²) in [6.45, 7) is 6.50. The fourth-order valence-electron chi connectivity index (χ4n) is 3.72. The number of terminal acetylenes is 1. The lowest BCUT2D eigenvalue weighted by atomic mass is 9.87. The highest BCUT2D eigenvalue weighted by molar-refractivity contribution is 5.96. The lowest BCUT2D eigenvalue weighted by molar-refractivity contribution is -0.141. The van der Waals surface area contributed by atoms with Gasteiger partial charge in [-0.1, -0.05) is 20.8 Å². The molecule has 1 rings (SSSR count). The van der Waals surface area contributed by atoms with Crippen LogP contribution in [-0.4, -0.2) is 65.4 Å². The van der Waals surface area contributed by atoms with Gasteiger partial charge in [0.1, 0.15) is 17.6 Å². The quantitative estimate of drug-likeness (QED) is 0.197. The van der Waals surface area contributed by atoms with Crippen molar-refractivity contribution in [3.05, 3.63) is 0 Å². The summed E-state index contributed by atoms with van der Waals surface area (Å²) in [5.41, 5.74) is 4.25. The first-order valence-electron chi connectivity index (χ1n) is 11.0. The van der Waals surface area contributed by atoms with E-state index in [1.54, 1.807) is 6.92 Å². The van der Waals surface area contributed by atoms with Crippen molar-refractivity contribution in [2.24, 2.45) is 17.6 Å². The summed E-state index contributed by atoms with van der Waals surface area (Å²) in [7, 11) is 0. The highest BCUT2D eigenvalue weighted by Gasteiger charge is 2.41. The molecule has 0 aliphatic carbocycles. The molecule has 0 radical (unpaired) electrons. The van der Waals surface area contributed by atoms with E-state index in [0.717, 1.165) is 0 Å². The molecule has 1 aliphatic heterocycles. The number of nitrogens with one attached hydrogen (secondary N) is 4. The molecule has 1 saturated heterocycles. The van der Waals surface area contributed by atoms with Crippen LogP contribution in [0.4, 0.5) is 0 Å². The summed E-state index contributed by atoms with van der Waals surface area (Å²) in [5, 5.41) is 19.7. The maximum absolute atomic E-state index is 12.9. The van der Waals surface area contributed by atoms with Gasteiger partial charge in [-0.15, -0.1) is 12.3 Å². The van der Waals surface area contributed by atoms with Gasteiger partial charge in [-0.05, 0) is 38.3 Å². The number of nitrogens with two attached hydrogens (primary N) is 1. The van der Waals surface area contributed by atoms with Crippen molar-refractivity contribution in [1.29, 1.82) is 0 Å². The molecule has 33 heavy (non-hydrogen) atoms. The SMILES string of the molecule is C#CC[C@@H](NC(=O)[C@H](CC(=O)O)NC(=O)[C@@H](C)CC(C)C)C(=O)NC1(C(N)=O)CCNCC1. The van der Waals surface area contributed by atoms with Gasteiger partial charge in [0.25, 0.3) is 0 Å². The van der Waals surface area contributed by atoms with E-state index in [-0.39, 0.29) is 25.2 Å². The molecule has 11 nitrogen and oxygen atoms in total. The van der Waals surface area contributed by atoms with Crippen molar-refractivity contribution >= 4 is 29.6 Å². The summed E-state index contributed by atoms with van der Waals surface area (Å²) in [4.78, 5) is 61.5. The predicted molar refractivity (Wildman–Crippen MR) is 120 cm³/mol. The number of piperidine rings is 1. The van der Waals surface area contributed by atoms with E-state index < -0.39 is 59.6 Å². The highest BCUT2D eigenvalue weighted by Crippen LogP contribution is 2.18. The lowest BCUT2D eigenvalue weighted by Gasteiger charge is -2.36. The number of aliphatic carboxylic acids is 1. The molecular weight excluding hydrogens is 430 g/mol. The third-order valence-electron chi connectivity index (χ3n) is 5.53. The molecule has 11 heteroatoms. The molecule has 1 fully saturated rings. The molecule has 0 aromatic heterocycles. The first kappa shape index (κ1) is 27.9. The minimum atomic E-state index is -1.40. The van der Waals surface area contributed by atoms with E-state index in [4.69, 9.17) is 12.2 Å². The van der Waals surface area contributed by atoms with Gasteiger partial charge in [0.15, 0.2) is 0 Å². The van der Waals surface area contributed by atoms with E-state index in [0.29, 0.717) is 19.5 Å². The van der Waals surface area contributed by atoms with Gasteiger partial charge in [-0.3, -0.25) is 24.0 Å². The largest absolute Gasteiger partial charge is 0.481 e. The number of primary amides is 1. The Labute approximate surface area is 194 Å². The van der Waals surface area contributed by atoms with Crippen LogP contribution in [0.2, 0.25) is 0 Å². The maximum atomic E-state index is 12.9. The average Bonchev–Trinajstić information content (AvgIpc) is 2.72. The number of amides is 4. The molecule has 4 amide bonds. The summed E-state index contributed by atoms with van der Waals surface area (Å²) in [6.07, 6.45) is 5.57. The van der Waals surface area contributed by atoms with Crippen LogP contribution in [0.25, 0.3) is 0 Å². The molecule has 0 spiro atoms. The highest BCUT2D eigenvalue weighted by atomic mass is 16.4. The second-order valence-electron chi connectivity index (χ2n) is 8.84. The van der Waals surface area contributed by atoms with Gasteiger partial charge < -0.3 is 32.1 Å². The smallest absolute Gasteiger partial charge is 0.305 e. The number of carboxylic acids is 1. The standard InChI is InChI=1S/C22H35N5O6/c1-5-6-15(20(32)27-22(21(23)33)7-9-24-10-8-22)25-19(31)16(12-17(28)29)26-18(30)14(4)11-13(2)3/h1,13-16,24H,6-12H2,2-4H3,(H2,23,33)(H,25,31)(H,26,30)(H,27,32)(H,28,29)/t14-,15+,16-/m0/s1. The Morgan fingerprint density at radius 3 is 2.09 bits per heavy atom. The van der Waals surface area contributed by atoms with Crippen LogP contribution in [0.1, 0.15) is 52.9 Å². The lowest BCUT2D eigenvalue weighted by Crippen LogP contribution is -2.65. The van der Waals surface area contributed by atoms with Crippen LogP contribution in [0.5, 0.6) is 0 Å². The number of carbonyl (C=O) groups excluding carboxylic acids is 4. The maximum Gasteiger partial charge on any atom is 0.305 e. The monoisotopic (exact) mass is 465 g/mol. The molecule has 1 aliphatic rings. The third kappa shape index (κ3) is 8.73. The van der Waals surface area contributed by atoms with E-state index in [1.165, 1.54) is 0 Å². The summed E-state index contributed by atoms with van der Waals surface area (Å²) >= 11 is 0. The van der Waals surface area contributed by atoms with E-state index in [1.807, 2.05) is 13.8 Å². The molecule has 184 valence electrons. The normalized spacial score (nSPS) is 17.7. The Hall–Kier alpha value is -3.13. The zero-order chi connectivity index (χ0) is 25.2. The van der Waals surface area contributed by atoms with Crippen LogP contribution in [0.3, 0.4) is 0 Å². The van der Waals surface area contributed by atoms with E-state index >= 15 is 0 Å². The third-order valence-corrected chi connectivity index (χ3v) is 5.53. The molecule has 1 heterocycles. The Balaban J connectivity index is 2.96. The Morgan fingerprint density at radius 1 is 1.03 bits per heavy atom. The molecule has 7 N–H and O–H groups in total. The van der Waals surface area contributed by atoms with Crippen molar-refractivity contribution in [2.75, 3.05) is 13.1 Å². The molecule has 0 saturated carbocycles. The predicted octanol–water partition coefficient (Wildman–Crippen LogP) is -1.14. The summed E-state index contributed by atoms with van der Waals surface area (Å²) in [5.74, 6) is -1.96. The van der Waals surface area contributed by atoms with Crippen molar-refractivity contribution in [3.8, 4) is 12.3 Å². The van der Waals surface area contributed by atoms with Gasteiger partial charge in [-0.2, -0.15) is 0 Å². The fraction of sp³-hybridized carbons (Fsp3) is 0.682. The van der Waals surface area contributed by atoms with Crippen molar-refractivity contribution in [2.45, 2.75) is 70.5 Å². The van der Waals surface area contributed by atoms with Gasteiger partial charge >= 0.3 is 5.97 Å². The van der Waals surface area contributed by atoms with Crippen LogP contribution in [0, 0.1) is 24.2 Å². The van der Waals surface area contributed by atoms with Gasteiger partial charge in [-0.25, -0.2) is 0 Å². The first-order chi connectivity index (χ1) is 15.4. The topological polar surface area (TPSA) is 180 Å². The number of hydrogen-bond acceptors (Lipinski definition) is 6.